The third kappa shape index (κ3) is 5.75. The Hall–Kier alpha value is -4.26. The quantitative estimate of drug-likeness (QED) is 0.450. The van der Waals surface area contributed by atoms with Crippen LogP contribution in [0.3, 0.4) is 0 Å². The molecule has 0 radical (unpaired) electrons. The van der Waals surface area contributed by atoms with Crippen molar-refractivity contribution >= 4 is 29.1 Å². The Kier molecular flexibility index (Phi) is 7.13. The summed E-state index contributed by atoms with van der Waals surface area (Å²) in [7, 11) is 0. The van der Waals surface area contributed by atoms with Crippen molar-refractivity contribution in [1.82, 2.24) is 9.97 Å². The van der Waals surface area contributed by atoms with E-state index in [9.17, 15) is 9.59 Å². The smallest absolute Gasteiger partial charge is 0.255 e. The maximum atomic E-state index is 12.9. The minimum absolute atomic E-state index is 0.112. The number of carbonyl (C=O) groups excluding carboxylic acids is 2. The van der Waals surface area contributed by atoms with Crippen molar-refractivity contribution in [3.05, 3.63) is 89.8 Å². The lowest BCUT2D eigenvalue weighted by Gasteiger charge is -2.16. The molecule has 4 rings (SSSR count). The van der Waals surface area contributed by atoms with Crippen molar-refractivity contribution in [3.8, 4) is 11.3 Å². The standard InChI is InChI=1S/C27H27N5O2/c1-3-19-7-4-5-10-24(19)31-26(34)21-8-6-9-23(17-21)30-27-28-16-15-25(32-27)20-11-13-22(14-12-20)29-18(2)33/h4-5,7-8,10-17H,3,6,9H2,1-2H3,(H,29,33)(H,31,34)(H,28,30,32). The van der Waals surface area contributed by atoms with E-state index in [1.807, 2.05) is 66.7 Å². The maximum Gasteiger partial charge on any atom is 0.255 e. The second kappa shape index (κ2) is 10.6. The zero-order chi connectivity index (χ0) is 23.9. The number of nitrogens with one attached hydrogen (secondary N) is 3. The molecule has 7 heteroatoms. The number of para-hydroxylation sites is 1. The molecule has 0 atom stereocenters. The first kappa shape index (κ1) is 22.9. The van der Waals surface area contributed by atoms with E-state index in [-0.39, 0.29) is 11.8 Å². The van der Waals surface area contributed by atoms with Crippen LogP contribution in [0.4, 0.5) is 17.3 Å². The van der Waals surface area contributed by atoms with Crippen molar-refractivity contribution in [2.24, 2.45) is 0 Å². The molecule has 3 N–H and O–H groups in total. The molecule has 0 aliphatic heterocycles. The lowest BCUT2D eigenvalue weighted by Crippen LogP contribution is -2.17. The van der Waals surface area contributed by atoms with Gasteiger partial charge in [0.25, 0.3) is 5.91 Å². The van der Waals surface area contributed by atoms with E-state index in [0.29, 0.717) is 11.5 Å². The van der Waals surface area contributed by atoms with E-state index in [4.69, 9.17) is 0 Å². The number of nitrogens with zero attached hydrogens (tertiary/aromatic N) is 2. The van der Waals surface area contributed by atoms with E-state index in [0.717, 1.165) is 53.2 Å². The van der Waals surface area contributed by atoms with Gasteiger partial charge in [-0.3, -0.25) is 9.59 Å². The van der Waals surface area contributed by atoms with E-state index >= 15 is 0 Å². The fraction of sp³-hybridized carbons (Fsp3) is 0.185. The minimum Gasteiger partial charge on any atom is -0.328 e. The van der Waals surface area contributed by atoms with Crippen LogP contribution < -0.4 is 16.0 Å². The fourth-order valence-corrected chi connectivity index (χ4v) is 3.75. The average Bonchev–Trinajstić information content (AvgIpc) is 2.85. The van der Waals surface area contributed by atoms with Gasteiger partial charge in [0.2, 0.25) is 11.9 Å². The number of aryl methyl sites for hydroxylation is 1. The largest absolute Gasteiger partial charge is 0.328 e. The molecule has 0 saturated carbocycles. The zero-order valence-corrected chi connectivity index (χ0v) is 19.3. The second-order valence-electron chi connectivity index (χ2n) is 7.98. The molecular weight excluding hydrogens is 426 g/mol. The second-order valence-corrected chi connectivity index (χ2v) is 7.98. The van der Waals surface area contributed by atoms with Crippen LogP contribution in [0.15, 0.2) is 84.2 Å². The number of anilines is 3. The number of hydrogen-bond acceptors (Lipinski definition) is 5. The highest BCUT2D eigenvalue weighted by Crippen LogP contribution is 2.24. The highest BCUT2D eigenvalue weighted by molar-refractivity contribution is 6.06. The van der Waals surface area contributed by atoms with Crippen LogP contribution in [0.2, 0.25) is 0 Å². The summed E-state index contributed by atoms with van der Waals surface area (Å²) < 4.78 is 0. The van der Waals surface area contributed by atoms with Gasteiger partial charge in [-0.15, -0.1) is 0 Å². The fourth-order valence-electron chi connectivity index (χ4n) is 3.75. The first-order valence-corrected chi connectivity index (χ1v) is 11.3. The van der Waals surface area contributed by atoms with Gasteiger partial charge in [0.1, 0.15) is 0 Å². The van der Waals surface area contributed by atoms with E-state index in [1.165, 1.54) is 6.92 Å². The van der Waals surface area contributed by atoms with Gasteiger partial charge in [0.15, 0.2) is 0 Å². The summed E-state index contributed by atoms with van der Waals surface area (Å²) in [5, 5.41) is 9.04. The molecule has 2 aromatic carbocycles. The third-order valence-electron chi connectivity index (χ3n) is 5.45. The summed E-state index contributed by atoms with van der Waals surface area (Å²) in [6.07, 6.45) is 7.86. The van der Waals surface area contributed by atoms with Crippen molar-refractivity contribution in [2.75, 3.05) is 16.0 Å². The lowest BCUT2D eigenvalue weighted by molar-refractivity contribution is -0.114. The van der Waals surface area contributed by atoms with Gasteiger partial charge in [-0.1, -0.05) is 43.3 Å². The van der Waals surface area contributed by atoms with Crippen LogP contribution in [0.25, 0.3) is 11.3 Å². The molecule has 0 unspecified atom stereocenters. The Bertz CT molecular complexity index is 1260. The Labute approximate surface area is 199 Å². The molecule has 1 heterocycles. The summed E-state index contributed by atoms with van der Waals surface area (Å²) in [6, 6.07) is 17.1. The number of hydrogen-bond donors (Lipinski definition) is 3. The monoisotopic (exact) mass is 453 g/mol. The van der Waals surface area contributed by atoms with Gasteiger partial charge in [-0.25, -0.2) is 9.97 Å². The van der Waals surface area contributed by atoms with Crippen molar-refractivity contribution in [2.45, 2.75) is 33.1 Å². The Morgan fingerprint density at radius 1 is 1.00 bits per heavy atom. The van der Waals surface area contributed by atoms with Crippen LogP contribution in [0.5, 0.6) is 0 Å². The van der Waals surface area contributed by atoms with Gasteiger partial charge in [0, 0.05) is 41.3 Å². The van der Waals surface area contributed by atoms with Crippen LogP contribution in [0.1, 0.15) is 32.3 Å². The maximum absolute atomic E-state index is 12.9. The minimum atomic E-state index is -0.131. The molecular formula is C27H27N5O2. The molecule has 3 aromatic rings. The van der Waals surface area contributed by atoms with Crippen LogP contribution in [-0.4, -0.2) is 21.8 Å². The molecule has 0 fully saturated rings. The predicted octanol–water partition coefficient (Wildman–Crippen LogP) is 5.32. The third-order valence-corrected chi connectivity index (χ3v) is 5.45. The predicted molar refractivity (Wildman–Crippen MR) is 135 cm³/mol. The van der Waals surface area contributed by atoms with Crippen molar-refractivity contribution < 1.29 is 9.59 Å². The Morgan fingerprint density at radius 2 is 1.79 bits per heavy atom. The van der Waals surface area contributed by atoms with Gasteiger partial charge < -0.3 is 16.0 Å². The van der Waals surface area contributed by atoms with Gasteiger partial charge in [0.05, 0.1) is 5.69 Å². The number of allylic oxidation sites excluding steroid dienone is 2. The highest BCUT2D eigenvalue weighted by atomic mass is 16.2. The van der Waals surface area contributed by atoms with Crippen molar-refractivity contribution in [1.29, 1.82) is 0 Å². The Morgan fingerprint density at radius 3 is 2.56 bits per heavy atom. The molecule has 7 nitrogen and oxygen atoms in total. The molecule has 1 aliphatic carbocycles. The molecule has 0 saturated heterocycles. The number of amides is 2. The van der Waals surface area contributed by atoms with Crippen LogP contribution >= 0.6 is 0 Å². The SMILES string of the molecule is CCc1ccccc1NC(=O)C1=CCCC(Nc2nccc(-c3ccc(NC(C)=O)cc3)n2)=C1. The summed E-state index contributed by atoms with van der Waals surface area (Å²) >= 11 is 0. The molecule has 2 amide bonds. The summed E-state index contributed by atoms with van der Waals surface area (Å²) in [6.45, 7) is 3.54. The molecule has 1 aromatic heterocycles. The van der Waals surface area contributed by atoms with Crippen LogP contribution in [-0.2, 0) is 16.0 Å². The number of carbonyl (C=O) groups is 2. The highest BCUT2D eigenvalue weighted by Gasteiger charge is 2.15. The number of rotatable bonds is 7. The van der Waals surface area contributed by atoms with Gasteiger partial charge in [-0.05, 0) is 55.2 Å². The average molecular weight is 454 g/mol. The van der Waals surface area contributed by atoms with Crippen LogP contribution in [0, 0.1) is 0 Å². The lowest BCUT2D eigenvalue weighted by atomic mass is 10.0. The molecule has 172 valence electrons. The molecule has 0 bridgehead atoms. The zero-order valence-electron chi connectivity index (χ0n) is 19.3. The van der Waals surface area contributed by atoms with E-state index in [2.05, 4.69) is 32.8 Å². The topological polar surface area (TPSA) is 96.0 Å². The normalized spacial score (nSPS) is 12.9. The molecule has 1 aliphatic rings. The van der Waals surface area contributed by atoms with Gasteiger partial charge in [-0.2, -0.15) is 0 Å². The van der Waals surface area contributed by atoms with E-state index < -0.39 is 0 Å². The van der Waals surface area contributed by atoms with E-state index in [1.54, 1.807) is 6.20 Å². The summed E-state index contributed by atoms with van der Waals surface area (Å²) in [5.74, 6) is 0.222. The van der Waals surface area contributed by atoms with Gasteiger partial charge >= 0.3 is 0 Å². The molecule has 0 spiro atoms. The Balaban J connectivity index is 1.46. The summed E-state index contributed by atoms with van der Waals surface area (Å²) in [5.41, 5.74) is 5.84. The van der Waals surface area contributed by atoms with Crippen molar-refractivity contribution in [3.63, 3.8) is 0 Å². The number of aromatic nitrogens is 2. The first-order valence-electron chi connectivity index (χ1n) is 11.3. The number of benzene rings is 2. The molecule has 34 heavy (non-hydrogen) atoms. The first-order chi connectivity index (χ1) is 16.5. The summed E-state index contributed by atoms with van der Waals surface area (Å²) in [4.78, 5) is 33.0.